The van der Waals surface area contributed by atoms with E-state index in [1.807, 2.05) is 12.2 Å². The summed E-state index contributed by atoms with van der Waals surface area (Å²) in [6.07, 6.45) is 7.02. The van der Waals surface area contributed by atoms with Crippen molar-refractivity contribution in [2.75, 3.05) is 19.6 Å². The van der Waals surface area contributed by atoms with Gasteiger partial charge in [-0.15, -0.1) is 13.2 Å². The molecule has 14 heavy (non-hydrogen) atoms. The molecule has 0 saturated heterocycles. The minimum absolute atomic E-state index is 0.0906. The van der Waals surface area contributed by atoms with Crippen LogP contribution in [-0.4, -0.2) is 35.7 Å². The molecule has 2 heteroatoms. The Morgan fingerprint density at radius 1 is 1.21 bits per heavy atom. The maximum Gasteiger partial charge on any atom is 0.0580 e. The van der Waals surface area contributed by atoms with Crippen LogP contribution in [0.2, 0.25) is 0 Å². The molecule has 2 unspecified atom stereocenters. The highest BCUT2D eigenvalue weighted by atomic mass is 16.3. The van der Waals surface area contributed by atoms with Gasteiger partial charge in [-0.3, -0.25) is 4.90 Å². The Kier molecular flexibility index (Phi) is 4.91. The molecule has 0 heterocycles. The predicted molar refractivity (Wildman–Crippen MR) is 60.2 cm³/mol. The first-order valence-electron chi connectivity index (χ1n) is 5.40. The summed E-state index contributed by atoms with van der Waals surface area (Å²) in [4.78, 5) is 2.28. The minimum Gasteiger partial charge on any atom is -0.393 e. The highest BCUT2D eigenvalue weighted by Crippen LogP contribution is 2.26. The SMILES string of the molecule is C=CCN(CC=C)CC1CCCC1O. The van der Waals surface area contributed by atoms with Crippen molar-refractivity contribution in [2.24, 2.45) is 5.92 Å². The molecule has 0 bridgehead atoms. The van der Waals surface area contributed by atoms with E-state index in [0.717, 1.165) is 32.5 Å². The molecule has 1 rings (SSSR count). The van der Waals surface area contributed by atoms with E-state index in [-0.39, 0.29) is 6.10 Å². The van der Waals surface area contributed by atoms with Crippen molar-refractivity contribution in [1.82, 2.24) is 4.90 Å². The third-order valence-corrected chi connectivity index (χ3v) is 2.89. The summed E-state index contributed by atoms with van der Waals surface area (Å²) in [5, 5.41) is 9.70. The highest BCUT2D eigenvalue weighted by molar-refractivity contribution is 4.85. The van der Waals surface area contributed by atoms with E-state index in [1.165, 1.54) is 6.42 Å². The fourth-order valence-electron chi connectivity index (χ4n) is 2.15. The van der Waals surface area contributed by atoms with Crippen LogP contribution < -0.4 is 0 Å². The van der Waals surface area contributed by atoms with Crippen LogP contribution in [0.5, 0.6) is 0 Å². The molecule has 0 aromatic rings. The van der Waals surface area contributed by atoms with Crippen molar-refractivity contribution in [3.8, 4) is 0 Å². The first-order chi connectivity index (χ1) is 6.77. The lowest BCUT2D eigenvalue weighted by atomic mass is 10.1. The average molecular weight is 195 g/mol. The van der Waals surface area contributed by atoms with Crippen LogP contribution >= 0.6 is 0 Å². The molecule has 2 atom stereocenters. The van der Waals surface area contributed by atoms with Crippen LogP contribution in [0.4, 0.5) is 0 Å². The molecule has 1 saturated carbocycles. The fraction of sp³-hybridized carbons (Fsp3) is 0.667. The Labute approximate surface area is 86.9 Å². The summed E-state index contributed by atoms with van der Waals surface area (Å²) in [6, 6.07) is 0. The summed E-state index contributed by atoms with van der Waals surface area (Å²) in [7, 11) is 0. The van der Waals surface area contributed by atoms with Gasteiger partial charge in [0.25, 0.3) is 0 Å². The molecule has 1 N–H and O–H groups in total. The van der Waals surface area contributed by atoms with Gasteiger partial charge in [-0.2, -0.15) is 0 Å². The Bertz CT molecular complexity index is 181. The van der Waals surface area contributed by atoms with E-state index in [4.69, 9.17) is 0 Å². The van der Waals surface area contributed by atoms with Gasteiger partial charge in [0, 0.05) is 19.6 Å². The summed E-state index contributed by atoms with van der Waals surface area (Å²) in [5.74, 6) is 0.454. The van der Waals surface area contributed by atoms with Crippen molar-refractivity contribution in [2.45, 2.75) is 25.4 Å². The van der Waals surface area contributed by atoms with Crippen LogP contribution in [0.3, 0.4) is 0 Å². The van der Waals surface area contributed by atoms with Gasteiger partial charge in [-0.05, 0) is 18.8 Å². The van der Waals surface area contributed by atoms with Crippen LogP contribution in [0.15, 0.2) is 25.3 Å². The molecule has 1 aliphatic carbocycles. The lowest BCUT2D eigenvalue weighted by Gasteiger charge is -2.24. The summed E-state index contributed by atoms with van der Waals surface area (Å²) in [6.45, 7) is 10.2. The molecular weight excluding hydrogens is 174 g/mol. The quantitative estimate of drug-likeness (QED) is 0.653. The first-order valence-corrected chi connectivity index (χ1v) is 5.40. The second-order valence-electron chi connectivity index (χ2n) is 4.05. The van der Waals surface area contributed by atoms with Crippen LogP contribution in [0.1, 0.15) is 19.3 Å². The molecule has 0 amide bonds. The van der Waals surface area contributed by atoms with Gasteiger partial charge in [-0.1, -0.05) is 18.6 Å². The van der Waals surface area contributed by atoms with E-state index in [0.29, 0.717) is 5.92 Å². The van der Waals surface area contributed by atoms with Gasteiger partial charge in [0.1, 0.15) is 0 Å². The molecule has 0 aliphatic heterocycles. The largest absolute Gasteiger partial charge is 0.393 e. The van der Waals surface area contributed by atoms with E-state index in [9.17, 15) is 5.11 Å². The third kappa shape index (κ3) is 3.28. The van der Waals surface area contributed by atoms with E-state index >= 15 is 0 Å². The Balaban J connectivity index is 2.36. The number of rotatable bonds is 6. The van der Waals surface area contributed by atoms with E-state index < -0.39 is 0 Å². The summed E-state index contributed by atoms with van der Waals surface area (Å²) in [5.41, 5.74) is 0. The van der Waals surface area contributed by atoms with Crippen molar-refractivity contribution < 1.29 is 5.11 Å². The van der Waals surface area contributed by atoms with Crippen molar-refractivity contribution >= 4 is 0 Å². The maximum atomic E-state index is 9.70. The molecule has 0 radical (unpaired) electrons. The molecular formula is C12H21NO. The third-order valence-electron chi connectivity index (χ3n) is 2.89. The van der Waals surface area contributed by atoms with Crippen molar-refractivity contribution in [3.05, 3.63) is 25.3 Å². The van der Waals surface area contributed by atoms with Crippen molar-refractivity contribution in [1.29, 1.82) is 0 Å². The Morgan fingerprint density at radius 3 is 2.29 bits per heavy atom. The lowest BCUT2D eigenvalue weighted by molar-refractivity contribution is 0.109. The summed E-state index contributed by atoms with van der Waals surface area (Å²) < 4.78 is 0. The van der Waals surface area contributed by atoms with Crippen LogP contribution in [0.25, 0.3) is 0 Å². The maximum absolute atomic E-state index is 9.70. The zero-order valence-corrected chi connectivity index (χ0v) is 8.86. The van der Waals surface area contributed by atoms with Gasteiger partial charge in [0.2, 0.25) is 0 Å². The molecule has 2 nitrogen and oxygen atoms in total. The van der Waals surface area contributed by atoms with E-state index in [1.54, 1.807) is 0 Å². The monoisotopic (exact) mass is 195 g/mol. The molecule has 80 valence electrons. The summed E-state index contributed by atoms with van der Waals surface area (Å²) >= 11 is 0. The lowest BCUT2D eigenvalue weighted by Crippen LogP contribution is -2.33. The first kappa shape index (κ1) is 11.5. The van der Waals surface area contributed by atoms with Crippen molar-refractivity contribution in [3.63, 3.8) is 0 Å². The highest BCUT2D eigenvalue weighted by Gasteiger charge is 2.26. The topological polar surface area (TPSA) is 23.5 Å². The zero-order valence-electron chi connectivity index (χ0n) is 8.86. The number of hydrogen-bond donors (Lipinski definition) is 1. The van der Waals surface area contributed by atoms with Crippen LogP contribution in [0, 0.1) is 5.92 Å². The molecule has 1 fully saturated rings. The van der Waals surface area contributed by atoms with Gasteiger partial charge in [-0.25, -0.2) is 0 Å². The number of hydrogen-bond acceptors (Lipinski definition) is 2. The van der Waals surface area contributed by atoms with Crippen LogP contribution in [-0.2, 0) is 0 Å². The van der Waals surface area contributed by atoms with Gasteiger partial charge in [0.15, 0.2) is 0 Å². The van der Waals surface area contributed by atoms with E-state index in [2.05, 4.69) is 18.1 Å². The van der Waals surface area contributed by atoms with Gasteiger partial charge in [0.05, 0.1) is 6.10 Å². The number of aliphatic hydroxyl groups is 1. The standard InChI is InChI=1S/C12H21NO/c1-3-8-13(9-4-2)10-11-6-5-7-12(11)14/h3-4,11-12,14H,1-2,5-10H2. The molecule has 0 spiro atoms. The minimum atomic E-state index is -0.0906. The normalized spacial score (nSPS) is 26.7. The number of aliphatic hydroxyl groups excluding tert-OH is 1. The van der Waals surface area contributed by atoms with Gasteiger partial charge < -0.3 is 5.11 Å². The zero-order chi connectivity index (χ0) is 10.4. The number of nitrogens with zero attached hydrogens (tertiary/aromatic N) is 1. The van der Waals surface area contributed by atoms with Gasteiger partial charge >= 0.3 is 0 Å². The molecule has 0 aromatic heterocycles. The molecule has 0 aromatic carbocycles. The fourth-order valence-corrected chi connectivity index (χ4v) is 2.15. The Hall–Kier alpha value is -0.600. The second-order valence-corrected chi connectivity index (χ2v) is 4.05. The Morgan fingerprint density at radius 2 is 1.86 bits per heavy atom. The average Bonchev–Trinajstić information content (AvgIpc) is 2.53. The predicted octanol–water partition coefficient (Wildman–Crippen LogP) is 1.82. The smallest absolute Gasteiger partial charge is 0.0580 e. The second kappa shape index (κ2) is 5.99. The molecule has 1 aliphatic rings.